The minimum Gasteiger partial charge on any atom is -0.341 e. The molecule has 0 saturated carbocycles. The number of para-hydroxylation sites is 1. The fourth-order valence-corrected chi connectivity index (χ4v) is 3.24. The Balaban J connectivity index is 1.48. The third kappa shape index (κ3) is 3.47. The molecule has 0 aliphatic carbocycles. The second kappa shape index (κ2) is 6.92. The van der Waals surface area contributed by atoms with Gasteiger partial charge < -0.3 is 15.5 Å². The molecule has 0 bridgehead atoms. The Morgan fingerprint density at radius 3 is 2.45 bits per heavy atom. The Hall–Kier alpha value is -1.88. The van der Waals surface area contributed by atoms with E-state index in [-0.39, 0.29) is 23.8 Å². The van der Waals surface area contributed by atoms with E-state index in [1.165, 1.54) is 0 Å². The molecular weight excluding hydrogens is 278 g/mol. The lowest BCUT2D eigenvalue weighted by Gasteiger charge is -2.33. The van der Waals surface area contributed by atoms with Gasteiger partial charge in [0.25, 0.3) is 0 Å². The molecule has 2 saturated heterocycles. The van der Waals surface area contributed by atoms with Crippen molar-refractivity contribution in [1.82, 2.24) is 10.2 Å². The van der Waals surface area contributed by atoms with E-state index in [1.807, 2.05) is 35.2 Å². The molecule has 3 rings (SSSR count). The Bertz CT molecular complexity index is 518. The van der Waals surface area contributed by atoms with Crippen LogP contribution in [0.3, 0.4) is 0 Å². The molecule has 2 aliphatic heterocycles. The highest BCUT2D eigenvalue weighted by Gasteiger charge is 2.31. The quantitative estimate of drug-likeness (QED) is 0.892. The molecule has 0 spiro atoms. The number of likely N-dealkylation sites (tertiary alicyclic amines) is 1. The van der Waals surface area contributed by atoms with E-state index in [4.69, 9.17) is 0 Å². The number of rotatable bonds is 3. The van der Waals surface area contributed by atoms with Gasteiger partial charge in [0.2, 0.25) is 11.8 Å². The molecule has 1 aromatic carbocycles. The number of piperidine rings is 1. The van der Waals surface area contributed by atoms with Crippen molar-refractivity contribution in [2.24, 2.45) is 5.92 Å². The first-order valence-electron chi connectivity index (χ1n) is 8.12. The summed E-state index contributed by atoms with van der Waals surface area (Å²) in [5.74, 6) is 0.275. The molecule has 1 atom stereocenters. The van der Waals surface area contributed by atoms with E-state index >= 15 is 0 Å². The Morgan fingerprint density at radius 1 is 1.09 bits per heavy atom. The zero-order valence-corrected chi connectivity index (χ0v) is 12.8. The maximum atomic E-state index is 12.3. The van der Waals surface area contributed by atoms with E-state index < -0.39 is 0 Å². The summed E-state index contributed by atoms with van der Waals surface area (Å²) in [4.78, 5) is 26.5. The monoisotopic (exact) mass is 301 g/mol. The van der Waals surface area contributed by atoms with Crippen LogP contribution in [0, 0.1) is 5.92 Å². The van der Waals surface area contributed by atoms with Crippen LogP contribution in [0.15, 0.2) is 30.3 Å². The molecule has 2 fully saturated rings. The van der Waals surface area contributed by atoms with Gasteiger partial charge in [0.15, 0.2) is 0 Å². The smallest absolute Gasteiger partial charge is 0.239 e. The zero-order chi connectivity index (χ0) is 15.4. The number of carbonyl (C=O) groups is 2. The largest absolute Gasteiger partial charge is 0.341 e. The van der Waals surface area contributed by atoms with E-state index in [9.17, 15) is 9.59 Å². The average molecular weight is 301 g/mol. The van der Waals surface area contributed by atoms with Crippen molar-refractivity contribution in [3.05, 3.63) is 30.3 Å². The van der Waals surface area contributed by atoms with Gasteiger partial charge in [0.1, 0.15) is 0 Å². The van der Waals surface area contributed by atoms with Crippen LogP contribution < -0.4 is 10.6 Å². The highest BCUT2D eigenvalue weighted by atomic mass is 16.2. The summed E-state index contributed by atoms with van der Waals surface area (Å²) in [6.45, 7) is 2.31. The second-order valence-corrected chi connectivity index (χ2v) is 6.10. The van der Waals surface area contributed by atoms with Crippen LogP contribution in [0.2, 0.25) is 0 Å². The van der Waals surface area contributed by atoms with Crippen molar-refractivity contribution in [2.45, 2.75) is 31.7 Å². The molecule has 2 aliphatic rings. The van der Waals surface area contributed by atoms with Crippen LogP contribution in [0.4, 0.5) is 5.69 Å². The Kier molecular flexibility index (Phi) is 4.73. The number of carbonyl (C=O) groups excluding carboxylic acids is 2. The van der Waals surface area contributed by atoms with Gasteiger partial charge in [-0.25, -0.2) is 0 Å². The number of hydrogen-bond donors (Lipinski definition) is 2. The molecular formula is C17H23N3O2. The highest BCUT2D eigenvalue weighted by molar-refractivity contribution is 5.92. The van der Waals surface area contributed by atoms with E-state index in [1.54, 1.807) is 0 Å². The number of amides is 2. The summed E-state index contributed by atoms with van der Waals surface area (Å²) in [5, 5.41) is 6.21. The second-order valence-electron chi connectivity index (χ2n) is 6.10. The van der Waals surface area contributed by atoms with E-state index in [0.29, 0.717) is 13.1 Å². The third-order valence-electron chi connectivity index (χ3n) is 4.58. The normalized spacial score (nSPS) is 22.5. The summed E-state index contributed by atoms with van der Waals surface area (Å²) < 4.78 is 0. The lowest BCUT2D eigenvalue weighted by Crippen LogP contribution is -2.48. The van der Waals surface area contributed by atoms with Gasteiger partial charge in [0.05, 0.1) is 6.04 Å². The van der Waals surface area contributed by atoms with Crippen LogP contribution in [-0.2, 0) is 9.59 Å². The first-order chi connectivity index (χ1) is 10.7. The topological polar surface area (TPSA) is 61.4 Å². The summed E-state index contributed by atoms with van der Waals surface area (Å²) in [5.41, 5.74) is 0.834. The van der Waals surface area contributed by atoms with Crippen molar-refractivity contribution < 1.29 is 9.59 Å². The summed E-state index contributed by atoms with van der Waals surface area (Å²) in [6, 6.07) is 9.52. The molecule has 1 aromatic rings. The molecule has 118 valence electrons. The molecule has 2 heterocycles. The number of hydrogen-bond acceptors (Lipinski definition) is 3. The lowest BCUT2D eigenvalue weighted by atomic mass is 9.95. The van der Waals surface area contributed by atoms with Gasteiger partial charge in [-0.05, 0) is 44.4 Å². The van der Waals surface area contributed by atoms with Gasteiger partial charge in [-0.2, -0.15) is 0 Å². The third-order valence-corrected chi connectivity index (χ3v) is 4.58. The first-order valence-corrected chi connectivity index (χ1v) is 8.12. The minimum absolute atomic E-state index is 0.000735. The van der Waals surface area contributed by atoms with Gasteiger partial charge in [-0.3, -0.25) is 9.59 Å². The van der Waals surface area contributed by atoms with Crippen molar-refractivity contribution in [1.29, 1.82) is 0 Å². The van der Waals surface area contributed by atoms with Gasteiger partial charge >= 0.3 is 0 Å². The summed E-state index contributed by atoms with van der Waals surface area (Å²) in [7, 11) is 0. The predicted molar refractivity (Wildman–Crippen MR) is 85.4 cm³/mol. The SMILES string of the molecule is O=C(Nc1ccccc1)C1CCN(C(=O)C2CCCN2)CC1. The minimum atomic E-state index is -0.00491. The van der Waals surface area contributed by atoms with Gasteiger partial charge in [-0.15, -0.1) is 0 Å². The molecule has 5 nitrogen and oxygen atoms in total. The van der Waals surface area contributed by atoms with Gasteiger partial charge in [-0.1, -0.05) is 18.2 Å². The molecule has 0 radical (unpaired) electrons. The van der Waals surface area contributed by atoms with E-state index in [0.717, 1.165) is 37.9 Å². The number of nitrogens with zero attached hydrogens (tertiary/aromatic N) is 1. The van der Waals surface area contributed by atoms with Crippen LogP contribution >= 0.6 is 0 Å². The molecule has 2 N–H and O–H groups in total. The average Bonchev–Trinajstić information content (AvgIpc) is 3.10. The van der Waals surface area contributed by atoms with Crippen molar-refractivity contribution in [3.8, 4) is 0 Å². The zero-order valence-electron chi connectivity index (χ0n) is 12.8. The fraction of sp³-hybridized carbons (Fsp3) is 0.529. The van der Waals surface area contributed by atoms with E-state index in [2.05, 4.69) is 10.6 Å². The van der Waals surface area contributed by atoms with Crippen molar-refractivity contribution in [3.63, 3.8) is 0 Å². The standard InChI is InChI=1S/C17H23N3O2/c21-16(19-14-5-2-1-3-6-14)13-8-11-20(12-9-13)17(22)15-7-4-10-18-15/h1-3,5-6,13,15,18H,4,7-12H2,(H,19,21). The van der Waals surface area contributed by atoms with Crippen molar-refractivity contribution in [2.75, 3.05) is 25.0 Å². The fourth-order valence-electron chi connectivity index (χ4n) is 3.24. The molecule has 1 unspecified atom stereocenters. The van der Waals surface area contributed by atoms with Crippen LogP contribution in [0.1, 0.15) is 25.7 Å². The van der Waals surface area contributed by atoms with Crippen LogP contribution in [0.25, 0.3) is 0 Å². The molecule has 5 heteroatoms. The summed E-state index contributed by atoms with van der Waals surface area (Å²) in [6.07, 6.45) is 3.51. The maximum absolute atomic E-state index is 12.3. The number of nitrogens with one attached hydrogen (secondary N) is 2. The predicted octanol–water partition coefficient (Wildman–Crippen LogP) is 1.62. The molecule has 0 aromatic heterocycles. The molecule has 22 heavy (non-hydrogen) atoms. The van der Waals surface area contributed by atoms with Crippen molar-refractivity contribution >= 4 is 17.5 Å². The lowest BCUT2D eigenvalue weighted by molar-refractivity contribution is -0.136. The van der Waals surface area contributed by atoms with Gasteiger partial charge in [0, 0.05) is 24.7 Å². The van der Waals surface area contributed by atoms with Crippen LogP contribution in [-0.4, -0.2) is 42.4 Å². The number of anilines is 1. The first kappa shape index (κ1) is 15.0. The number of benzene rings is 1. The highest BCUT2D eigenvalue weighted by Crippen LogP contribution is 2.21. The summed E-state index contributed by atoms with van der Waals surface area (Å²) >= 11 is 0. The molecule has 2 amide bonds. The van der Waals surface area contributed by atoms with Crippen LogP contribution in [0.5, 0.6) is 0 Å². The Labute approximate surface area is 131 Å². The maximum Gasteiger partial charge on any atom is 0.239 e. The Morgan fingerprint density at radius 2 is 1.82 bits per heavy atom.